The van der Waals surface area contributed by atoms with Crippen LogP contribution in [0, 0.1) is 0 Å². The summed E-state index contributed by atoms with van der Waals surface area (Å²) < 4.78 is 16.0. The summed E-state index contributed by atoms with van der Waals surface area (Å²) in [4.78, 5) is 25.8. The molecule has 1 aromatic heterocycles. The number of piperidine rings is 1. The molecule has 0 radical (unpaired) electrons. The van der Waals surface area contributed by atoms with Crippen molar-refractivity contribution in [3.63, 3.8) is 0 Å². The lowest BCUT2D eigenvalue weighted by molar-refractivity contribution is -0.00639. The molecule has 1 aromatic rings. The van der Waals surface area contributed by atoms with Crippen LogP contribution in [0.5, 0.6) is 0 Å². The Bertz CT molecular complexity index is 518. The van der Waals surface area contributed by atoms with E-state index in [4.69, 9.17) is 13.9 Å². The third-order valence-corrected chi connectivity index (χ3v) is 3.59. The molecule has 0 saturated carbocycles. The SMILES string of the molecule is CC(C)(C)OC(=O)N1CCCC[C@H]1COCC(=O)c1ccco1. The second-order valence-electron chi connectivity index (χ2n) is 6.74. The minimum atomic E-state index is -0.519. The van der Waals surface area contributed by atoms with Crippen LogP contribution in [-0.2, 0) is 9.47 Å². The van der Waals surface area contributed by atoms with Crippen molar-refractivity contribution in [2.45, 2.75) is 51.7 Å². The van der Waals surface area contributed by atoms with Crippen LogP contribution >= 0.6 is 0 Å². The normalized spacial score (nSPS) is 18.7. The summed E-state index contributed by atoms with van der Waals surface area (Å²) >= 11 is 0. The average molecular weight is 323 g/mol. The van der Waals surface area contributed by atoms with Crippen molar-refractivity contribution < 1.29 is 23.5 Å². The highest BCUT2D eigenvalue weighted by Crippen LogP contribution is 2.20. The number of hydrogen-bond donors (Lipinski definition) is 0. The van der Waals surface area contributed by atoms with Crippen LogP contribution in [0.2, 0.25) is 0 Å². The number of likely N-dealkylation sites (tertiary alicyclic amines) is 1. The number of nitrogens with zero attached hydrogens (tertiary/aromatic N) is 1. The molecule has 6 nitrogen and oxygen atoms in total. The van der Waals surface area contributed by atoms with Crippen molar-refractivity contribution >= 4 is 11.9 Å². The molecule has 6 heteroatoms. The lowest BCUT2D eigenvalue weighted by atomic mass is 10.0. The molecule has 0 spiro atoms. The minimum Gasteiger partial charge on any atom is -0.461 e. The van der Waals surface area contributed by atoms with Gasteiger partial charge < -0.3 is 18.8 Å². The van der Waals surface area contributed by atoms with E-state index in [2.05, 4.69) is 0 Å². The first-order chi connectivity index (χ1) is 10.9. The van der Waals surface area contributed by atoms with Crippen LogP contribution in [0.4, 0.5) is 4.79 Å². The van der Waals surface area contributed by atoms with Crippen LogP contribution in [0.25, 0.3) is 0 Å². The molecule has 1 aliphatic heterocycles. The minimum absolute atomic E-state index is 0.0494. The third-order valence-electron chi connectivity index (χ3n) is 3.59. The fourth-order valence-electron chi connectivity index (χ4n) is 2.53. The van der Waals surface area contributed by atoms with Crippen molar-refractivity contribution in [2.75, 3.05) is 19.8 Å². The monoisotopic (exact) mass is 323 g/mol. The molecule has 2 heterocycles. The summed E-state index contributed by atoms with van der Waals surface area (Å²) in [7, 11) is 0. The number of rotatable bonds is 5. The van der Waals surface area contributed by atoms with Crippen LogP contribution in [0.1, 0.15) is 50.6 Å². The Morgan fingerprint density at radius 3 is 2.78 bits per heavy atom. The van der Waals surface area contributed by atoms with Crippen LogP contribution in [-0.4, -0.2) is 48.2 Å². The zero-order valence-electron chi connectivity index (χ0n) is 14.0. The van der Waals surface area contributed by atoms with Gasteiger partial charge in [0.25, 0.3) is 0 Å². The van der Waals surface area contributed by atoms with Crippen molar-refractivity contribution in [1.29, 1.82) is 0 Å². The van der Waals surface area contributed by atoms with Gasteiger partial charge in [0, 0.05) is 6.54 Å². The smallest absolute Gasteiger partial charge is 0.410 e. The molecular weight excluding hydrogens is 298 g/mol. The summed E-state index contributed by atoms with van der Waals surface area (Å²) in [6.45, 7) is 6.49. The lowest BCUT2D eigenvalue weighted by Crippen LogP contribution is -2.48. The average Bonchev–Trinajstić information content (AvgIpc) is 3.00. The Labute approximate surface area is 136 Å². The highest BCUT2D eigenvalue weighted by molar-refractivity contribution is 5.94. The molecule has 0 unspecified atom stereocenters. The number of ketones is 1. The predicted octanol–water partition coefficient (Wildman–Crippen LogP) is 3.27. The van der Waals surface area contributed by atoms with Crippen LogP contribution in [0.3, 0.4) is 0 Å². The number of hydrogen-bond acceptors (Lipinski definition) is 5. The third kappa shape index (κ3) is 5.39. The Morgan fingerprint density at radius 2 is 2.13 bits per heavy atom. The molecule has 1 fully saturated rings. The molecule has 0 bridgehead atoms. The topological polar surface area (TPSA) is 69.0 Å². The van der Waals surface area contributed by atoms with E-state index in [1.807, 2.05) is 20.8 Å². The maximum absolute atomic E-state index is 12.3. The fourth-order valence-corrected chi connectivity index (χ4v) is 2.53. The van der Waals surface area contributed by atoms with Gasteiger partial charge in [0.15, 0.2) is 5.76 Å². The van der Waals surface area contributed by atoms with E-state index >= 15 is 0 Å². The maximum atomic E-state index is 12.3. The predicted molar refractivity (Wildman–Crippen MR) is 84.4 cm³/mol. The first-order valence-electron chi connectivity index (χ1n) is 8.01. The van der Waals surface area contributed by atoms with E-state index in [1.165, 1.54) is 6.26 Å². The molecule has 0 aliphatic carbocycles. The van der Waals surface area contributed by atoms with Gasteiger partial charge in [-0.25, -0.2) is 4.79 Å². The largest absolute Gasteiger partial charge is 0.461 e. The highest BCUT2D eigenvalue weighted by atomic mass is 16.6. The van der Waals surface area contributed by atoms with Crippen molar-refractivity contribution in [1.82, 2.24) is 4.90 Å². The van der Waals surface area contributed by atoms with Gasteiger partial charge in [-0.3, -0.25) is 4.79 Å². The molecular formula is C17H25NO5. The van der Waals surface area contributed by atoms with Gasteiger partial charge in [0.05, 0.1) is 18.9 Å². The zero-order valence-corrected chi connectivity index (χ0v) is 14.0. The molecule has 23 heavy (non-hydrogen) atoms. The van der Waals surface area contributed by atoms with Gasteiger partial charge in [-0.1, -0.05) is 0 Å². The number of carbonyl (C=O) groups excluding carboxylic acids is 2. The van der Waals surface area contributed by atoms with Gasteiger partial charge in [-0.05, 0) is 52.2 Å². The highest BCUT2D eigenvalue weighted by Gasteiger charge is 2.30. The van der Waals surface area contributed by atoms with Gasteiger partial charge >= 0.3 is 6.09 Å². The summed E-state index contributed by atoms with van der Waals surface area (Å²) in [5, 5.41) is 0. The van der Waals surface area contributed by atoms with E-state index in [1.54, 1.807) is 17.0 Å². The molecule has 0 aromatic carbocycles. The standard InChI is InChI=1S/C17H25NO5/c1-17(2,3)23-16(20)18-9-5-4-7-13(18)11-21-12-14(19)15-8-6-10-22-15/h6,8,10,13H,4-5,7,9,11-12H2,1-3H3/t13-/m0/s1. The second kappa shape index (κ2) is 7.64. The van der Waals surface area contributed by atoms with E-state index in [-0.39, 0.29) is 30.3 Å². The molecule has 0 N–H and O–H groups in total. The lowest BCUT2D eigenvalue weighted by Gasteiger charge is -2.36. The number of carbonyl (C=O) groups is 2. The Hall–Kier alpha value is -1.82. The summed E-state index contributed by atoms with van der Waals surface area (Å²) in [6.07, 6.45) is 4.00. The number of Topliss-reactive ketones (excluding diaryl/α,β-unsaturated/α-hetero) is 1. The van der Waals surface area contributed by atoms with Crippen molar-refractivity contribution in [2.24, 2.45) is 0 Å². The van der Waals surface area contributed by atoms with Crippen LogP contribution in [0.15, 0.2) is 22.8 Å². The summed E-state index contributed by atoms with van der Waals surface area (Å²) in [5.41, 5.74) is -0.519. The maximum Gasteiger partial charge on any atom is 0.410 e. The summed E-state index contributed by atoms with van der Waals surface area (Å²) in [5.74, 6) is 0.0901. The van der Waals surface area contributed by atoms with E-state index in [9.17, 15) is 9.59 Å². The Kier molecular flexibility index (Phi) is 5.82. The van der Waals surface area contributed by atoms with Gasteiger partial charge in [0.1, 0.15) is 12.2 Å². The van der Waals surface area contributed by atoms with Gasteiger partial charge in [0.2, 0.25) is 5.78 Å². The molecule has 1 aliphatic rings. The second-order valence-corrected chi connectivity index (χ2v) is 6.74. The number of amides is 1. The molecule has 1 saturated heterocycles. The van der Waals surface area contributed by atoms with Gasteiger partial charge in [-0.15, -0.1) is 0 Å². The molecule has 2 rings (SSSR count). The Morgan fingerprint density at radius 1 is 1.35 bits per heavy atom. The van der Waals surface area contributed by atoms with Crippen molar-refractivity contribution in [3.8, 4) is 0 Å². The van der Waals surface area contributed by atoms with Crippen molar-refractivity contribution in [3.05, 3.63) is 24.2 Å². The van der Waals surface area contributed by atoms with Gasteiger partial charge in [-0.2, -0.15) is 0 Å². The Balaban J connectivity index is 1.84. The first-order valence-corrected chi connectivity index (χ1v) is 8.01. The number of furan rings is 1. The van der Waals surface area contributed by atoms with E-state index < -0.39 is 5.60 Å². The zero-order chi connectivity index (χ0) is 16.9. The summed E-state index contributed by atoms with van der Waals surface area (Å²) in [6, 6.07) is 3.22. The number of ether oxygens (including phenoxy) is 2. The van der Waals surface area contributed by atoms with E-state index in [0.717, 1.165) is 19.3 Å². The molecule has 128 valence electrons. The van der Waals surface area contributed by atoms with Crippen LogP contribution < -0.4 is 0 Å². The molecule has 1 amide bonds. The first kappa shape index (κ1) is 17.5. The molecule has 1 atom stereocenters. The van der Waals surface area contributed by atoms with E-state index in [0.29, 0.717) is 13.2 Å². The fraction of sp³-hybridized carbons (Fsp3) is 0.647. The quantitative estimate of drug-likeness (QED) is 0.778.